The average molecular weight is 343 g/mol. The smallest absolute Gasteiger partial charge is 0.341 e. The summed E-state index contributed by atoms with van der Waals surface area (Å²) in [5.41, 5.74) is 0.737. The lowest BCUT2D eigenvalue weighted by Crippen LogP contribution is -2.15. The lowest BCUT2D eigenvalue weighted by Gasteiger charge is -2.04. The fourth-order valence-corrected chi connectivity index (χ4v) is 2.29. The molecular weight excluding hydrogens is 326 g/mol. The van der Waals surface area contributed by atoms with Crippen LogP contribution < -0.4 is 5.32 Å². The van der Waals surface area contributed by atoms with Crippen LogP contribution in [0.3, 0.4) is 0 Å². The molecule has 3 aromatic heterocycles. The number of hydrogen-bond donors (Lipinski definition) is 1. The van der Waals surface area contributed by atoms with Gasteiger partial charge in [-0.25, -0.2) is 4.79 Å². The van der Waals surface area contributed by atoms with Crippen LogP contribution in [-0.4, -0.2) is 38.0 Å². The van der Waals surface area contributed by atoms with Gasteiger partial charge in [0.25, 0.3) is 5.91 Å². The minimum atomic E-state index is -0.502. The second-order valence-corrected chi connectivity index (χ2v) is 5.31. The van der Waals surface area contributed by atoms with Crippen LogP contribution in [0, 0.1) is 0 Å². The van der Waals surface area contributed by atoms with Gasteiger partial charge in [-0.3, -0.25) is 9.48 Å². The Morgan fingerprint density at radius 1 is 1.36 bits per heavy atom. The second-order valence-electron chi connectivity index (χ2n) is 5.31. The molecule has 25 heavy (non-hydrogen) atoms. The van der Waals surface area contributed by atoms with E-state index in [9.17, 15) is 9.59 Å². The third kappa shape index (κ3) is 3.77. The number of nitrogens with zero attached hydrogens (tertiary/aromatic N) is 4. The standard InChI is InChI=1S/C16H17N5O4/c1-3-24-16(23)12-9-20(2)10-14(12)18-15(22)13-7-11(25-19-13)8-21-6-4-5-17-21/h4-7,9-10H,3,8H2,1-2H3,(H,18,22). The molecule has 0 saturated heterocycles. The molecule has 0 aliphatic rings. The van der Waals surface area contributed by atoms with E-state index in [-0.39, 0.29) is 17.9 Å². The lowest BCUT2D eigenvalue weighted by atomic mass is 10.2. The molecule has 9 nitrogen and oxygen atoms in total. The van der Waals surface area contributed by atoms with Crippen molar-refractivity contribution in [2.75, 3.05) is 11.9 Å². The number of amides is 1. The third-order valence-corrected chi connectivity index (χ3v) is 3.37. The fourth-order valence-electron chi connectivity index (χ4n) is 2.29. The number of carbonyl (C=O) groups excluding carboxylic acids is 2. The first kappa shape index (κ1) is 16.5. The van der Waals surface area contributed by atoms with E-state index in [4.69, 9.17) is 9.26 Å². The Bertz CT molecular complexity index is 878. The van der Waals surface area contributed by atoms with Gasteiger partial charge in [0.2, 0.25) is 0 Å². The summed E-state index contributed by atoms with van der Waals surface area (Å²) in [4.78, 5) is 24.3. The molecule has 1 amide bonds. The number of carbonyl (C=O) groups is 2. The van der Waals surface area contributed by atoms with Crippen molar-refractivity contribution in [1.82, 2.24) is 19.5 Å². The number of esters is 1. The van der Waals surface area contributed by atoms with E-state index in [1.165, 1.54) is 6.07 Å². The molecule has 3 heterocycles. The van der Waals surface area contributed by atoms with Crippen LogP contribution in [0.1, 0.15) is 33.5 Å². The number of nitrogens with one attached hydrogen (secondary N) is 1. The van der Waals surface area contributed by atoms with Crippen LogP contribution in [0.25, 0.3) is 0 Å². The maximum atomic E-state index is 12.4. The highest BCUT2D eigenvalue weighted by Crippen LogP contribution is 2.19. The highest BCUT2D eigenvalue weighted by Gasteiger charge is 2.19. The summed E-state index contributed by atoms with van der Waals surface area (Å²) in [6.45, 7) is 2.34. The molecule has 0 saturated carbocycles. The molecule has 0 bridgehead atoms. The van der Waals surface area contributed by atoms with Gasteiger partial charge in [0.05, 0.1) is 12.3 Å². The van der Waals surface area contributed by atoms with E-state index in [0.29, 0.717) is 18.0 Å². The van der Waals surface area contributed by atoms with Crippen molar-refractivity contribution in [2.24, 2.45) is 7.05 Å². The van der Waals surface area contributed by atoms with Gasteiger partial charge in [0.1, 0.15) is 12.1 Å². The summed E-state index contributed by atoms with van der Waals surface area (Å²) in [6, 6.07) is 3.32. The van der Waals surface area contributed by atoms with Crippen LogP contribution >= 0.6 is 0 Å². The Morgan fingerprint density at radius 2 is 2.20 bits per heavy atom. The molecule has 3 aromatic rings. The summed E-state index contributed by atoms with van der Waals surface area (Å²) < 4.78 is 13.4. The van der Waals surface area contributed by atoms with Gasteiger partial charge in [-0.2, -0.15) is 5.10 Å². The van der Waals surface area contributed by atoms with Gasteiger partial charge in [0.15, 0.2) is 11.5 Å². The van der Waals surface area contributed by atoms with Crippen molar-refractivity contribution >= 4 is 17.6 Å². The van der Waals surface area contributed by atoms with Crippen molar-refractivity contribution in [3.8, 4) is 0 Å². The van der Waals surface area contributed by atoms with Crippen molar-refractivity contribution in [2.45, 2.75) is 13.5 Å². The summed E-state index contributed by atoms with van der Waals surface area (Å²) in [6.07, 6.45) is 6.63. The topological polar surface area (TPSA) is 104 Å². The first-order valence-corrected chi connectivity index (χ1v) is 7.64. The first-order chi connectivity index (χ1) is 12.1. The number of anilines is 1. The van der Waals surface area contributed by atoms with Crippen LogP contribution in [0.2, 0.25) is 0 Å². The van der Waals surface area contributed by atoms with E-state index in [1.54, 1.807) is 54.1 Å². The van der Waals surface area contributed by atoms with Gasteiger partial charge >= 0.3 is 5.97 Å². The van der Waals surface area contributed by atoms with E-state index in [2.05, 4.69) is 15.6 Å². The monoisotopic (exact) mass is 343 g/mol. The van der Waals surface area contributed by atoms with E-state index >= 15 is 0 Å². The van der Waals surface area contributed by atoms with Gasteiger partial charge in [-0.05, 0) is 13.0 Å². The summed E-state index contributed by atoms with van der Waals surface area (Å²) in [5, 5.41) is 10.5. The summed E-state index contributed by atoms with van der Waals surface area (Å²) in [5.74, 6) is -0.488. The van der Waals surface area contributed by atoms with Crippen molar-refractivity contribution < 1.29 is 18.8 Å². The predicted octanol–water partition coefficient (Wildman–Crippen LogP) is 1.69. The highest BCUT2D eigenvalue weighted by molar-refractivity contribution is 6.07. The van der Waals surface area contributed by atoms with Crippen LogP contribution in [0.5, 0.6) is 0 Å². The van der Waals surface area contributed by atoms with Crippen LogP contribution in [-0.2, 0) is 18.3 Å². The van der Waals surface area contributed by atoms with Gasteiger partial charge in [-0.15, -0.1) is 0 Å². The zero-order valence-electron chi connectivity index (χ0n) is 13.8. The molecule has 0 aliphatic heterocycles. The number of aromatic nitrogens is 4. The predicted molar refractivity (Wildman–Crippen MR) is 87.2 cm³/mol. The van der Waals surface area contributed by atoms with Crippen LogP contribution in [0.4, 0.5) is 5.69 Å². The van der Waals surface area contributed by atoms with Gasteiger partial charge < -0.3 is 19.1 Å². The van der Waals surface area contributed by atoms with Gasteiger partial charge in [-0.1, -0.05) is 5.16 Å². The molecule has 0 atom stereocenters. The molecule has 0 spiro atoms. The Labute approximate surface area is 143 Å². The number of hydrogen-bond acceptors (Lipinski definition) is 6. The Kier molecular flexibility index (Phi) is 4.64. The molecule has 0 unspecified atom stereocenters. The molecule has 3 rings (SSSR count). The van der Waals surface area contributed by atoms with E-state index in [1.807, 2.05) is 0 Å². The van der Waals surface area contributed by atoms with E-state index < -0.39 is 11.9 Å². The lowest BCUT2D eigenvalue weighted by molar-refractivity contribution is 0.0527. The zero-order valence-corrected chi connectivity index (χ0v) is 13.8. The Balaban J connectivity index is 1.72. The maximum absolute atomic E-state index is 12.4. The molecular formula is C16H17N5O4. The molecule has 9 heteroatoms. The van der Waals surface area contributed by atoms with Gasteiger partial charge in [0, 0.05) is 37.9 Å². The Morgan fingerprint density at radius 3 is 2.92 bits per heavy atom. The normalized spacial score (nSPS) is 10.6. The van der Waals surface area contributed by atoms with E-state index in [0.717, 1.165) is 0 Å². The first-order valence-electron chi connectivity index (χ1n) is 7.64. The summed E-state index contributed by atoms with van der Waals surface area (Å²) in [7, 11) is 1.75. The third-order valence-electron chi connectivity index (χ3n) is 3.37. The largest absolute Gasteiger partial charge is 0.462 e. The maximum Gasteiger partial charge on any atom is 0.341 e. The number of aryl methyl sites for hydroxylation is 1. The average Bonchev–Trinajstić information content (AvgIpc) is 3.30. The molecule has 0 aromatic carbocycles. The zero-order chi connectivity index (χ0) is 17.8. The molecule has 1 N–H and O–H groups in total. The minimum Gasteiger partial charge on any atom is -0.462 e. The summed E-state index contributed by atoms with van der Waals surface area (Å²) >= 11 is 0. The fraction of sp³-hybridized carbons (Fsp3) is 0.250. The van der Waals surface area contributed by atoms with Crippen molar-refractivity contribution in [3.63, 3.8) is 0 Å². The molecule has 0 radical (unpaired) electrons. The molecule has 130 valence electrons. The molecule has 0 aliphatic carbocycles. The molecule has 0 fully saturated rings. The highest BCUT2D eigenvalue weighted by atomic mass is 16.5. The second kappa shape index (κ2) is 7.04. The van der Waals surface area contributed by atoms with Crippen molar-refractivity contribution in [3.05, 3.63) is 53.9 Å². The SMILES string of the molecule is CCOC(=O)c1cn(C)cc1NC(=O)c1cc(Cn2cccn2)on1. The van der Waals surface area contributed by atoms with Crippen LogP contribution in [0.15, 0.2) is 41.4 Å². The minimum absolute atomic E-state index is 0.112. The number of ether oxygens (including phenoxy) is 1. The van der Waals surface area contributed by atoms with Crippen molar-refractivity contribution in [1.29, 1.82) is 0 Å². The quantitative estimate of drug-likeness (QED) is 0.683. The Hall–Kier alpha value is -3.36. The number of rotatable bonds is 6.